The van der Waals surface area contributed by atoms with Gasteiger partial charge in [-0.3, -0.25) is 0 Å². The lowest BCUT2D eigenvalue weighted by Crippen LogP contribution is -2.03. The molecule has 1 N–H and O–H groups in total. The predicted molar refractivity (Wildman–Crippen MR) is 148 cm³/mol. The summed E-state index contributed by atoms with van der Waals surface area (Å²) in [4.78, 5) is 21.4. The van der Waals surface area contributed by atoms with Gasteiger partial charge in [0.2, 0.25) is 0 Å². The molecule has 0 aliphatic rings. The molecule has 0 radical (unpaired) electrons. The molecular formula is C30H56O4. The SMILES string of the molecule is C=C(C)C.C=C(C)C.CCCCCCCCCCCCCCCCCCOC(=O)C=CC(=O)O. The number of carbonyl (C=O) groups is 2. The fourth-order valence-electron chi connectivity index (χ4n) is 3.01. The first-order valence-electron chi connectivity index (χ1n) is 13.4. The maximum Gasteiger partial charge on any atom is 0.331 e. The summed E-state index contributed by atoms with van der Waals surface area (Å²) in [6.07, 6.45) is 22.7. The summed E-state index contributed by atoms with van der Waals surface area (Å²) < 4.78 is 4.92. The lowest BCUT2D eigenvalue weighted by Gasteiger charge is -2.04. The van der Waals surface area contributed by atoms with Gasteiger partial charge in [0.1, 0.15) is 0 Å². The highest BCUT2D eigenvalue weighted by molar-refractivity contribution is 5.90. The maximum absolute atomic E-state index is 11.1. The lowest BCUT2D eigenvalue weighted by molar-refractivity contribution is -0.138. The monoisotopic (exact) mass is 480 g/mol. The van der Waals surface area contributed by atoms with Gasteiger partial charge < -0.3 is 9.84 Å². The molecule has 0 saturated carbocycles. The Morgan fingerprint density at radius 2 is 0.912 bits per heavy atom. The molecule has 0 aromatic carbocycles. The number of unbranched alkanes of at least 4 members (excludes halogenated alkanes) is 15. The molecule has 0 spiro atoms. The van der Waals surface area contributed by atoms with E-state index < -0.39 is 11.9 Å². The number of aliphatic carboxylic acids is 1. The molecule has 0 aromatic heterocycles. The molecule has 0 aliphatic heterocycles. The van der Waals surface area contributed by atoms with Crippen LogP contribution in [-0.4, -0.2) is 23.7 Å². The van der Waals surface area contributed by atoms with Crippen LogP contribution in [0.25, 0.3) is 0 Å². The molecule has 0 amide bonds. The van der Waals surface area contributed by atoms with Crippen molar-refractivity contribution < 1.29 is 19.4 Å². The van der Waals surface area contributed by atoms with E-state index in [-0.39, 0.29) is 0 Å². The van der Waals surface area contributed by atoms with Crippen molar-refractivity contribution in [3.8, 4) is 0 Å². The molecule has 34 heavy (non-hydrogen) atoms. The van der Waals surface area contributed by atoms with Crippen molar-refractivity contribution in [3.63, 3.8) is 0 Å². The van der Waals surface area contributed by atoms with Gasteiger partial charge in [0, 0.05) is 12.2 Å². The Hall–Kier alpha value is -1.84. The van der Waals surface area contributed by atoms with Gasteiger partial charge in [0.15, 0.2) is 0 Å². The van der Waals surface area contributed by atoms with Gasteiger partial charge in [-0.15, -0.1) is 13.2 Å². The van der Waals surface area contributed by atoms with Crippen molar-refractivity contribution in [2.24, 2.45) is 0 Å². The maximum atomic E-state index is 11.1. The molecule has 0 aromatic rings. The van der Waals surface area contributed by atoms with Gasteiger partial charge in [-0.1, -0.05) is 114 Å². The number of esters is 1. The quantitative estimate of drug-likeness (QED) is 0.0865. The number of allylic oxidation sites excluding steroid dienone is 2. The highest BCUT2D eigenvalue weighted by atomic mass is 16.5. The minimum absolute atomic E-state index is 0.376. The second-order valence-electron chi connectivity index (χ2n) is 9.56. The van der Waals surface area contributed by atoms with Crippen LogP contribution < -0.4 is 0 Å². The van der Waals surface area contributed by atoms with Crippen molar-refractivity contribution in [3.05, 3.63) is 36.5 Å². The zero-order valence-electron chi connectivity index (χ0n) is 23.3. The van der Waals surface area contributed by atoms with E-state index in [0.717, 1.165) is 25.0 Å². The molecule has 0 atom stereocenters. The van der Waals surface area contributed by atoms with Crippen molar-refractivity contribution in [2.45, 2.75) is 137 Å². The van der Waals surface area contributed by atoms with Crippen LogP contribution in [0.2, 0.25) is 0 Å². The second-order valence-corrected chi connectivity index (χ2v) is 9.56. The number of carboxylic acids is 1. The molecule has 0 fully saturated rings. The smallest absolute Gasteiger partial charge is 0.331 e. The van der Waals surface area contributed by atoms with Crippen LogP contribution in [0.15, 0.2) is 36.5 Å². The minimum Gasteiger partial charge on any atom is -0.478 e. The number of hydrogen-bond donors (Lipinski definition) is 1. The van der Waals surface area contributed by atoms with Crippen LogP contribution in [0.4, 0.5) is 0 Å². The highest BCUT2D eigenvalue weighted by Crippen LogP contribution is 2.13. The normalized spacial score (nSPS) is 10.0. The van der Waals surface area contributed by atoms with Gasteiger partial charge in [0.25, 0.3) is 0 Å². The van der Waals surface area contributed by atoms with Gasteiger partial charge in [-0.25, -0.2) is 9.59 Å². The Morgan fingerprint density at radius 3 is 1.21 bits per heavy atom. The van der Waals surface area contributed by atoms with Crippen LogP contribution >= 0.6 is 0 Å². The van der Waals surface area contributed by atoms with E-state index in [9.17, 15) is 9.59 Å². The molecule has 0 rings (SSSR count). The van der Waals surface area contributed by atoms with Crippen molar-refractivity contribution in [1.29, 1.82) is 0 Å². The second kappa shape index (κ2) is 31.2. The molecular weight excluding hydrogens is 424 g/mol. The summed E-state index contributed by atoms with van der Waals surface area (Å²) in [6.45, 7) is 17.6. The molecule has 4 heteroatoms. The summed E-state index contributed by atoms with van der Waals surface area (Å²) in [5.74, 6) is -1.71. The Balaban J connectivity index is -0.00000103. The Morgan fingerprint density at radius 1 is 0.618 bits per heavy atom. The lowest BCUT2D eigenvalue weighted by atomic mass is 10.0. The van der Waals surface area contributed by atoms with Gasteiger partial charge >= 0.3 is 11.9 Å². The minimum atomic E-state index is -1.13. The molecule has 0 heterocycles. The number of carboxylic acid groups (broad SMARTS) is 1. The van der Waals surface area contributed by atoms with Gasteiger partial charge in [-0.2, -0.15) is 0 Å². The summed E-state index contributed by atoms with van der Waals surface area (Å²) in [5.41, 5.74) is 2.33. The van der Waals surface area contributed by atoms with E-state index in [1.807, 2.05) is 27.7 Å². The van der Waals surface area contributed by atoms with Gasteiger partial charge in [0.05, 0.1) is 6.61 Å². The first-order valence-corrected chi connectivity index (χ1v) is 13.4. The van der Waals surface area contributed by atoms with Crippen LogP contribution in [0.1, 0.15) is 137 Å². The van der Waals surface area contributed by atoms with E-state index in [0.29, 0.717) is 6.61 Å². The molecule has 200 valence electrons. The van der Waals surface area contributed by atoms with Crippen molar-refractivity contribution in [2.75, 3.05) is 6.61 Å². The van der Waals surface area contributed by atoms with Crippen LogP contribution in [0, 0.1) is 0 Å². The molecule has 0 aliphatic carbocycles. The van der Waals surface area contributed by atoms with Crippen molar-refractivity contribution in [1.82, 2.24) is 0 Å². The number of hydrogen-bond acceptors (Lipinski definition) is 3. The third kappa shape index (κ3) is 52.2. The third-order valence-corrected chi connectivity index (χ3v) is 4.60. The van der Waals surface area contributed by atoms with E-state index in [1.54, 1.807) is 0 Å². The van der Waals surface area contributed by atoms with Gasteiger partial charge in [-0.05, 0) is 34.1 Å². The molecule has 4 nitrogen and oxygen atoms in total. The Kier molecular flexibility index (Phi) is 33.7. The van der Waals surface area contributed by atoms with Crippen molar-refractivity contribution >= 4 is 11.9 Å². The summed E-state index contributed by atoms with van der Waals surface area (Å²) in [5, 5.41) is 8.39. The average molecular weight is 481 g/mol. The summed E-state index contributed by atoms with van der Waals surface area (Å²) in [7, 11) is 0. The van der Waals surface area contributed by atoms with E-state index in [2.05, 4.69) is 20.1 Å². The summed E-state index contributed by atoms with van der Waals surface area (Å²) in [6, 6.07) is 0. The molecule has 0 unspecified atom stereocenters. The fraction of sp³-hybridized carbons (Fsp3) is 0.733. The average Bonchev–Trinajstić information content (AvgIpc) is 2.73. The van der Waals surface area contributed by atoms with Crippen LogP contribution in [-0.2, 0) is 14.3 Å². The molecule has 0 saturated heterocycles. The van der Waals surface area contributed by atoms with E-state index in [4.69, 9.17) is 9.84 Å². The standard InChI is InChI=1S/C22H40O4.2C4H8/c1-2-3-4-5-6-7-8-9-10-11-12-13-14-15-16-17-20-26-22(25)19-18-21(23)24;2*1-4(2)3/h18-19H,2-17,20H2,1H3,(H,23,24);2*1H2,2-3H3. The van der Waals surface area contributed by atoms with Crippen LogP contribution in [0.3, 0.4) is 0 Å². The number of carbonyl (C=O) groups excluding carboxylic acids is 1. The Bertz CT molecular complexity index is 500. The first kappa shape index (κ1) is 36.7. The topological polar surface area (TPSA) is 63.6 Å². The predicted octanol–water partition coefficient (Wildman–Crippen LogP) is 9.60. The van der Waals surface area contributed by atoms with Crippen LogP contribution in [0.5, 0.6) is 0 Å². The van der Waals surface area contributed by atoms with E-state index in [1.165, 1.54) is 101 Å². The fourth-order valence-corrected chi connectivity index (χ4v) is 3.01. The number of rotatable bonds is 19. The molecule has 0 bridgehead atoms. The first-order chi connectivity index (χ1) is 16.1. The zero-order chi connectivity index (χ0) is 26.5. The third-order valence-electron chi connectivity index (χ3n) is 4.60. The highest BCUT2D eigenvalue weighted by Gasteiger charge is 1.98. The number of ether oxygens (including phenoxy) is 1. The zero-order valence-corrected chi connectivity index (χ0v) is 23.3. The largest absolute Gasteiger partial charge is 0.478 e. The summed E-state index contributed by atoms with van der Waals surface area (Å²) >= 11 is 0. The Labute approximate surface area is 211 Å². The van der Waals surface area contributed by atoms with E-state index >= 15 is 0 Å².